The van der Waals surface area contributed by atoms with Crippen molar-refractivity contribution < 1.29 is 14.6 Å². The maximum Gasteiger partial charge on any atom is 0.309 e. The number of carbonyl (C=O) groups excluding carboxylic acids is 1. The number of cyclic esters (lactones) is 1. The summed E-state index contributed by atoms with van der Waals surface area (Å²) in [5, 5.41) is 8.87. The molecule has 0 spiro atoms. The molecule has 1 aliphatic heterocycles. The van der Waals surface area contributed by atoms with Gasteiger partial charge in [-0.15, -0.1) is 0 Å². The average molecular weight is 224 g/mol. The van der Waals surface area contributed by atoms with Gasteiger partial charge in [-0.1, -0.05) is 38.2 Å². The summed E-state index contributed by atoms with van der Waals surface area (Å²) in [5.41, 5.74) is 0. The van der Waals surface area contributed by atoms with E-state index in [1.54, 1.807) is 0 Å². The maximum atomic E-state index is 11.3. The molecular weight excluding hydrogens is 204 g/mol. The van der Waals surface area contributed by atoms with Crippen LogP contribution in [-0.4, -0.2) is 23.8 Å². The highest BCUT2D eigenvalue weighted by Gasteiger charge is 2.32. The number of carbonyl (C=O) groups is 1. The van der Waals surface area contributed by atoms with Crippen molar-refractivity contribution in [2.24, 2.45) is 11.8 Å². The zero-order chi connectivity index (χ0) is 12.0. The molecule has 3 nitrogen and oxygen atoms in total. The topological polar surface area (TPSA) is 46.5 Å². The van der Waals surface area contributed by atoms with Crippen LogP contribution in [0.3, 0.4) is 0 Å². The van der Waals surface area contributed by atoms with Gasteiger partial charge in [0.15, 0.2) is 0 Å². The molecule has 0 radical (unpaired) electrons. The van der Waals surface area contributed by atoms with Crippen LogP contribution < -0.4 is 0 Å². The van der Waals surface area contributed by atoms with Gasteiger partial charge >= 0.3 is 5.97 Å². The fourth-order valence-electron chi connectivity index (χ4n) is 1.63. The van der Waals surface area contributed by atoms with Gasteiger partial charge in [0, 0.05) is 6.42 Å². The quantitative estimate of drug-likeness (QED) is 0.574. The molecule has 16 heavy (non-hydrogen) atoms. The first-order chi connectivity index (χ1) is 7.63. The van der Waals surface area contributed by atoms with Crippen LogP contribution in [0.25, 0.3) is 0 Å². The molecule has 1 heterocycles. The number of ether oxygens (including phenoxy) is 1. The maximum absolute atomic E-state index is 11.3. The van der Waals surface area contributed by atoms with Crippen LogP contribution in [-0.2, 0) is 9.53 Å². The second-order valence-electron chi connectivity index (χ2n) is 4.47. The highest BCUT2D eigenvalue weighted by atomic mass is 16.6. The van der Waals surface area contributed by atoms with Crippen molar-refractivity contribution >= 4 is 5.97 Å². The lowest BCUT2D eigenvalue weighted by atomic mass is 10.0. The molecule has 1 fully saturated rings. The van der Waals surface area contributed by atoms with Gasteiger partial charge in [0.25, 0.3) is 0 Å². The van der Waals surface area contributed by atoms with Crippen molar-refractivity contribution in [1.82, 2.24) is 0 Å². The Bertz CT molecular complexity index is 279. The largest absolute Gasteiger partial charge is 0.460 e. The summed E-state index contributed by atoms with van der Waals surface area (Å²) in [4.78, 5) is 11.3. The zero-order valence-corrected chi connectivity index (χ0v) is 9.93. The van der Waals surface area contributed by atoms with Crippen LogP contribution in [0.5, 0.6) is 0 Å². The first-order valence-electron chi connectivity index (χ1n) is 5.78. The Hall–Kier alpha value is -1.09. The molecule has 3 heteroatoms. The van der Waals surface area contributed by atoms with E-state index in [-0.39, 0.29) is 24.6 Å². The monoisotopic (exact) mass is 224 g/mol. The van der Waals surface area contributed by atoms with Gasteiger partial charge in [0.2, 0.25) is 0 Å². The second-order valence-corrected chi connectivity index (χ2v) is 4.47. The van der Waals surface area contributed by atoms with Crippen molar-refractivity contribution in [3.05, 3.63) is 24.3 Å². The molecule has 1 aliphatic rings. The van der Waals surface area contributed by atoms with E-state index in [9.17, 15) is 4.79 Å². The molecule has 1 saturated heterocycles. The minimum absolute atomic E-state index is 0.0702. The summed E-state index contributed by atoms with van der Waals surface area (Å²) < 4.78 is 4.98. The number of hydrogen-bond donors (Lipinski definition) is 1. The molecule has 0 aromatic rings. The molecule has 0 bridgehead atoms. The van der Waals surface area contributed by atoms with Crippen LogP contribution in [0.15, 0.2) is 24.3 Å². The fraction of sp³-hybridized carbons (Fsp3) is 0.615. The Morgan fingerprint density at radius 1 is 1.50 bits per heavy atom. The van der Waals surface area contributed by atoms with E-state index in [0.29, 0.717) is 18.8 Å². The molecule has 1 N–H and O–H groups in total. The van der Waals surface area contributed by atoms with E-state index in [0.717, 1.165) is 0 Å². The zero-order valence-electron chi connectivity index (χ0n) is 9.93. The Kier molecular flexibility index (Phi) is 5.26. The summed E-state index contributed by atoms with van der Waals surface area (Å²) in [5.74, 6) is 0.275. The first-order valence-corrected chi connectivity index (χ1v) is 5.78. The van der Waals surface area contributed by atoms with Gasteiger partial charge in [0.1, 0.15) is 6.10 Å². The molecule has 2 atom stereocenters. The smallest absolute Gasteiger partial charge is 0.309 e. The third-order valence-corrected chi connectivity index (χ3v) is 2.53. The summed E-state index contributed by atoms with van der Waals surface area (Å²) in [7, 11) is 0. The van der Waals surface area contributed by atoms with Crippen molar-refractivity contribution in [1.29, 1.82) is 0 Å². The van der Waals surface area contributed by atoms with Crippen LogP contribution >= 0.6 is 0 Å². The highest BCUT2D eigenvalue weighted by Crippen LogP contribution is 2.24. The minimum Gasteiger partial charge on any atom is -0.460 e. The van der Waals surface area contributed by atoms with Gasteiger partial charge in [-0.3, -0.25) is 4.79 Å². The molecule has 1 rings (SSSR count). The number of aliphatic hydroxyl groups is 1. The molecule has 0 saturated carbocycles. The summed E-state index contributed by atoms with van der Waals surface area (Å²) in [6, 6.07) is 0. The van der Waals surface area contributed by atoms with Gasteiger partial charge in [-0.05, 0) is 12.3 Å². The molecule has 0 aromatic carbocycles. The third-order valence-electron chi connectivity index (χ3n) is 2.53. The average Bonchev–Trinajstić information content (AvgIpc) is 2.59. The summed E-state index contributed by atoms with van der Waals surface area (Å²) in [6.45, 7) is 4.16. The van der Waals surface area contributed by atoms with E-state index >= 15 is 0 Å². The predicted molar refractivity (Wildman–Crippen MR) is 62.8 cm³/mol. The van der Waals surface area contributed by atoms with Crippen LogP contribution in [0.1, 0.15) is 26.7 Å². The van der Waals surface area contributed by atoms with Crippen molar-refractivity contribution in [2.75, 3.05) is 6.61 Å². The van der Waals surface area contributed by atoms with Gasteiger partial charge in [0.05, 0.1) is 12.5 Å². The van der Waals surface area contributed by atoms with Gasteiger partial charge < -0.3 is 9.84 Å². The summed E-state index contributed by atoms with van der Waals surface area (Å²) in [6.07, 6.45) is 9.06. The van der Waals surface area contributed by atoms with Gasteiger partial charge in [-0.25, -0.2) is 0 Å². The predicted octanol–water partition coefficient (Wildman–Crippen LogP) is 2.07. The minimum atomic E-state index is -0.294. The normalized spacial score (nSPS) is 26.1. The Morgan fingerprint density at radius 2 is 2.25 bits per heavy atom. The van der Waals surface area contributed by atoms with Crippen molar-refractivity contribution in [3.8, 4) is 0 Å². The fourth-order valence-corrected chi connectivity index (χ4v) is 1.63. The number of aliphatic hydroxyl groups excluding tert-OH is 1. The van der Waals surface area contributed by atoms with E-state index in [1.807, 2.05) is 18.2 Å². The molecule has 0 unspecified atom stereocenters. The van der Waals surface area contributed by atoms with Crippen LogP contribution in [0, 0.1) is 11.8 Å². The second kappa shape index (κ2) is 6.48. The Labute approximate surface area is 96.8 Å². The first kappa shape index (κ1) is 13.0. The third kappa shape index (κ3) is 4.19. The lowest BCUT2D eigenvalue weighted by Crippen LogP contribution is -2.10. The Morgan fingerprint density at radius 3 is 2.81 bits per heavy atom. The number of rotatable bonds is 5. The van der Waals surface area contributed by atoms with Crippen molar-refractivity contribution in [3.63, 3.8) is 0 Å². The lowest BCUT2D eigenvalue weighted by molar-refractivity contribution is -0.145. The summed E-state index contributed by atoms with van der Waals surface area (Å²) >= 11 is 0. The molecule has 90 valence electrons. The lowest BCUT2D eigenvalue weighted by Gasteiger charge is -2.01. The number of allylic oxidation sites excluding steroid dienone is 4. The van der Waals surface area contributed by atoms with E-state index in [2.05, 4.69) is 19.9 Å². The molecule has 0 amide bonds. The highest BCUT2D eigenvalue weighted by molar-refractivity contribution is 5.74. The molecule has 0 aliphatic carbocycles. The molecular formula is C13H20O3. The Balaban J connectivity index is 2.30. The van der Waals surface area contributed by atoms with E-state index < -0.39 is 0 Å². The molecule has 0 aromatic heterocycles. The van der Waals surface area contributed by atoms with Crippen molar-refractivity contribution in [2.45, 2.75) is 32.8 Å². The van der Waals surface area contributed by atoms with Gasteiger partial charge in [-0.2, -0.15) is 0 Å². The number of hydrogen-bond acceptors (Lipinski definition) is 3. The van der Waals surface area contributed by atoms with Crippen LogP contribution in [0.2, 0.25) is 0 Å². The standard InChI is InChI=1S/C13H20O3/c1-10(2)6-4-3-5-7-11-8-12(9-14)16-13(11)15/h3-6,10-12,14H,7-9H2,1-2H3/b5-3+,6-4+/t11-,12-/m0/s1. The van der Waals surface area contributed by atoms with E-state index in [1.165, 1.54) is 0 Å². The van der Waals surface area contributed by atoms with Crippen LogP contribution in [0.4, 0.5) is 0 Å². The SMILES string of the molecule is CC(C)/C=C/C=C/C[C@H]1C[C@@H](CO)OC1=O. The number of esters is 1. The van der Waals surface area contributed by atoms with E-state index in [4.69, 9.17) is 9.84 Å².